The number of aromatic hydroxyl groups is 1. The molecule has 0 unspecified atom stereocenters. The summed E-state index contributed by atoms with van der Waals surface area (Å²) in [5, 5.41) is 19.7. The third kappa shape index (κ3) is 4.05. The fraction of sp³-hybridized carbons (Fsp3) is 0.294. The van der Waals surface area contributed by atoms with Crippen LogP contribution in [0.15, 0.2) is 34.1 Å². The molecule has 2 rings (SSSR count). The minimum Gasteiger partial charge on any atom is -0.494 e. The van der Waals surface area contributed by atoms with E-state index in [1.165, 1.54) is 24.3 Å². The summed E-state index contributed by atoms with van der Waals surface area (Å²) in [7, 11) is 0. The van der Waals surface area contributed by atoms with E-state index in [1.807, 2.05) is 6.92 Å². The summed E-state index contributed by atoms with van der Waals surface area (Å²) in [6.07, 6.45) is 1.60. The molecule has 138 valence electrons. The van der Waals surface area contributed by atoms with E-state index in [-0.39, 0.29) is 16.3 Å². The van der Waals surface area contributed by atoms with E-state index >= 15 is 0 Å². The maximum Gasteiger partial charge on any atom is 0.328 e. The summed E-state index contributed by atoms with van der Waals surface area (Å²) >= 11 is 5.05. The third-order valence-corrected chi connectivity index (χ3v) is 4.29. The number of carboxylic acids is 1. The van der Waals surface area contributed by atoms with Crippen molar-refractivity contribution in [2.75, 3.05) is 0 Å². The Morgan fingerprint density at radius 3 is 2.58 bits per heavy atom. The van der Waals surface area contributed by atoms with Gasteiger partial charge in [-0.2, -0.15) is 0 Å². The standard InChI is InChI=1S/C17H18FN3O4S/c1-3-9(2)13(16(24)25)19-8-12-14(22)20-17(26)21(15(12)23)11-6-4-10(18)5-7-11/h4-9,13,23H,3H2,1-2H3,(H,24,25)(H,20,22,26)/t9-,13-/m1/s1. The molecule has 7 nitrogen and oxygen atoms in total. The van der Waals surface area contributed by atoms with Crippen LogP contribution in [0.5, 0.6) is 5.88 Å². The number of aromatic amines is 1. The van der Waals surface area contributed by atoms with Crippen LogP contribution in [0.3, 0.4) is 0 Å². The average molecular weight is 379 g/mol. The van der Waals surface area contributed by atoms with Crippen molar-refractivity contribution in [3.63, 3.8) is 0 Å². The van der Waals surface area contributed by atoms with Crippen molar-refractivity contribution in [2.24, 2.45) is 10.9 Å². The van der Waals surface area contributed by atoms with Gasteiger partial charge in [-0.1, -0.05) is 20.3 Å². The highest BCUT2D eigenvalue weighted by Gasteiger charge is 2.22. The fourth-order valence-corrected chi connectivity index (χ4v) is 2.60. The SMILES string of the molecule is CC[C@@H](C)[C@@H](N=Cc1c(O)n(-c2ccc(F)cc2)c(=S)[nH]c1=O)C(=O)O. The zero-order valence-electron chi connectivity index (χ0n) is 14.1. The Morgan fingerprint density at radius 1 is 1.42 bits per heavy atom. The summed E-state index contributed by atoms with van der Waals surface area (Å²) in [5.74, 6) is -2.36. The smallest absolute Gasteiger partial charge is 0.328 e. The predicted molar refractivity (Wildman–Crippen MR) is 97.3 cm³/mol. The molecule has 0 aliphatic heterocycles. The van der Waals surface area contributed by atoms with Crippen LogP contribution < -0.4 is 5.56 Å². The van der Waals surface area contributed by atoms with E-state index in [0.29, 0.717) is 12.1 Å². The highest BCUT2D eigenvalue weighted by molar-refractivity contribution is 7.71. The quantitative estimate of drug-likeness (QED) is 0.528. The topological polar surface area (TPSA) is 108 Å². The maximum absolute atomic E-state index is 13.1. The van der Waals surface area contributed by atoms with Gasteiger partial charge in [-0.05, 0) is 42.4 Å². The first kappa shape index (κ1) is 19.5. The number of benzene rings is 1. The number of aliphatic carboxylic acids is 1. The first-order valence-corrected chi connectivity index (χ1v) is 8.27. The highest BCUT2D eigenvalue weighted by Crippen LogP contribution is 2.19. The molecule has 26 heavy (non-hydrogen) atoms. The lowest BCUT2D eigenvalue weighted by atomic mass is 10.00. The zero-order chi connectivity index (χ0) is 19.4. The van der Waals surface area contributed by atoms with E-state index in [2.05, 4.69) is 9.98 Å². The lowest BCUT2D eigenvalue weighted by Gasteiger charge is -2.14. The van der Waals surface area contributed by atoms with Crippen LogP contribution in [-0.4, -0.2) is 38.0 Å². The Morgan fingerprint density at radius 2 is 2.04 bits per heavy atom. The van der Waals surface area contributed by atoms with E-state index < -0.39 is 29.3 Å². The summed E-state index contributed by atoms with van der Waals surface area (Å²) < 4.78 is 14.2. The molecule has 0 radical (unpaired) electrons. The predicted octanol–water partition coefficient (Wildman–Crippen LogP) is 2.66. The average Bonchev–Trinajstić information content (AvgIpc) is 2.58. The van der Waals surface area contributed by atoms with Crippen LogP contribution in [0.4, 0.5) is 4.39 Å². The van der Waals surface area contributed by atoms with Crippen molar-refractivity contribution in [2.45, 2.75) is 26.3 Å². The number of nitrogens with zero attached hydrogens (tertiary/aromatic N) is 2. The van der Waals surface area contributed by atoms with E-state index in [9.17, 15) is 24.2 Å². The van der Waals surface area contributed by atoms with Gasteiger partial charge in [-0.3, -0.25) is 19.3 Å². The molecule has 0 aliphatic carbocycles. The number of rotatable bonds is 6. The number of hydrogen-bond acceptors (Lipinski definition) is 5. The molecule has 2 aromatic rings. The Kier molecular flexibility index (Phi) is 6.04. The molecule has 0 saturated heterocycles. The molecule has 3 N–H and O–H groups in total. The van der Waals surface area contributed by atoms with Gasteiger partial charge in [0.2, 0.25) is 5.88 Å². The van der Waals surface area contributed by atoms with Gasteiger partial charge in [0.05, 0.1) is 5.69 Å². The van der Waals surface area contributed by atoms with Gasteiger partial charge < -0.3 is 10.2 Å². The van der Waals surface area contributed by atoms with Crippen molar-refractivity contribution in [1.82, 2.24) is 9.55 Å². The van der Waals surface area contributed by atoms with Crippen LogP contribution >= 0.6 is 12.2 Å². The van der Waals surface area contributed by atoms with Gasteiger partial charge in [0.25, 0.3) is 5.56 Å². The van der Waals surface area contributed by atoms with Gasteiger partial charge in [-0.25, -0.2) is 9.18 Å². The third-order valence-electron chi connectivity index (χ3n) is 4.01. The van der Waals surface area contributed by atoms with Crippen LogP contribution in [0.25, 0.3) is 5.69 Å². The van der Waals surface area contributed by atoms with Crippen LogP contribution in [0, 0.1) is 16.5 Å². The number of aliphatic imine (C=N–C) groups is 1. The lowest BCUT2D eigenvalue weighted by Crippen LogP contribution is -2.26. The van der Waals surface area contributed by atoms with Gasteiger partial charge in [0.1, 0.15) is 17.4 Å². The fourth-order valence-electron chi connectivity index (χ4n) is 2.32. The van der Waals surface area contributed by atoms with Gasteiger partial charge in [0.15, 0.2) is 4.77 Å². The van der Waals surface area contributed by atoms with Crippen molar-refractivity contribution in [3.05, 3.63) is 50.8 Å². The molecule has 0 amide bonds. The number of hydrogen-bond donors (Lipinski definition) is 3. The number of carbonyl (C=O) groups is 1. The second-order valence-corrected chi connectivity index (χ2v) is 6.14. The summed E-state index contributed by atoms with van der Waals surface area (Å²) in [4.78, 5) is 29.8. The molecule has 1 aromatic heterocycles. The van der Waals surface area contributed by atoms with E-state index in [0.717, 1.165) is 10.8 Å². The molecule has 0 bridgehead atoms. The number of halogens is 1. The molecular formula is C17H18FN3O4S. The Bertz CT molecular complexity index is 950. The summed E-state index contributed by atoms with van der Waals surface area (Å²) in [6.45, 7) is 3.56. The minimum absolute atomic E-state index is 0.0898. The Labute approximate surface area is 153 Å². The molecule has 1 heterocycles. The van der Waals surface area contributed by atoms with E-state index in [1.54, 1.807) is 6.92 Å². The lowest BCUT2D eigenvalue weighted by molar-refractivity contribution is -0.139. The monoisotopic (exact) mass is 379 g/mol. The van der Waals surface area contributed by atoms with Crippen molar-refractivity contribution < 1.29 is 19.4 Å². The number of nitrogens with one attached hydrogen (secondary N) is 1. The molecule has 9 heteroatoms. The maximum atomic E-state index is 13.1. The van der Waals surface area contributed by atoms with Crippen LogP contribution in [0.2, 0.25) is 0 Å². The van der Waals surface area contributed by atoms with Crippen molar-refractivity contribution in [3.8, 4) is 11.6 Å². The van der Waals surface area contributed by atoms with Crippen LogP contribution in [-0.2, 0) is 4.79 Å². The molecular weight excluding hydrogens is 361 g/mol. The number of H-pyrrole nitrogens is 1. The minimum atomic E-state index is -1.13. The van der Waals surface area contributed by atoms with Crippen molar-refractivity contribution >= 4 is 24.4 Å². The van der Waals surface area contributed by atoms with E-state index in [4.69, 9.17) is 12.2 Å². The summed E-state index contributed by atoms with van der Waals surface area (Å²) in [6, 6.07) is 4.06. The second kappa shape index (κ2) is 8.05. The number of aromatic nitrogens is 2. The first-order chi connectivity index (χ1) is 12.3. The molecule has 0 fully saturated rings. The molecule has 0 saturated carbocycles. The zero-order valence-corrected chi connectivity index (χ0v) is 15.0. The Hall–Kier alpha value is -2.81. The molecule has 0 spiro atoms. The second-order valence-electron chi connectivity index (χ2n) is 5.76. The normalized spacial score (nSPS) is 13.7. The molecule has 2 atom stereocenters. The summed E-state index contributed by atoms with van der Waals surface area (Å²) in [5.41, 5.74) is -0.614. The number of carboxylic acid groups (broad SMARTS) is 1. The highest BCUT2D eigenvalue weighted by atomic mass is 32.1. The van der Waals surface area contributed by atoms with Crippen LogP contribution in [0.1, 0.15) is 25.8 Å². The first-order valence-electron chi connectivity index (χ1n) is 7.86. The van der Waals surface area contributed by atoms with Crippen molar-refractivity contribution in [1.29, 1.82) is 0 Å². The largest absolute Gasteiger partial charge is 0.494 e. The molecule has 0 aliphatic rings. The van der Waals surface area contributed by atoms with Gasteiger partial charge >= 0.3 is 5.97 Å². The van der Waals surface area contributed by atoms with Gasteiger partial charge in [-0.15, -0.1) is 0 Å². The molecule has 1 aromatic carbocycles. The Balaban J connectivity index is 2.57. The van der Waals surface area contributed by atoms with Gasteiger partial charge in [0, 0.05) is 6.21 Å².